The van der Waals surface area contributed by atoms with Crippen molar-refractivity contribution in [3.63, 3.8) is 0 Å². The van der Waals surface area contributed by atoms with Gasteiger partial charge in [-0.3, -0.25) is 0 Å². The van der Waals surface area contributed by atoms with Gasteiger partial charge in [-0.25, -0.2) is 9.59 Å². The molecule has 4 rings (SSSR count). The lowest BCUT2D eigenvalue weighted by atomic mass is 9.73. The third kappa shape index (κ3) is 15.4. The van der Waals surface area contributed by atoms with Crippen LogP contribution in [0.15, 0.2) is 71.9 Å². The van der Waals surface area contributed by atoms with Gasteiger partial charge in [-0.1, -0.05) is 85.9 Å². The summed E-state index contributed by atoms with van der Waals surface area (Å²) in [6.45, 7) is 24.4. The van der Waals surface area contributed by atoms with Crippen LogP contribution in [0.5, 0.6) is 23.0 Å². The number of aryl methyl sites for hydroxylation is 2. The molecule has 11 heteroatoms. The zero-order valence-corrected chi connectivity index (χ0v) is 36.0. The second-order valence-electron chi connectivity index (χ2n) is 14.7. The van der Waals surface area contributed by atoms with Gasteiger partial charge in [0.15, 0.2) is 6.07 Å². The minimum Gasteiger partial charge on any atom is -0.507 e. The summed E-state index contributed by atoms with van der Waals surface area (Å²) in [6.07, 6.45) is 10.6. The number of carbonyl (C=O) groups excluding carboxylic acids is 2. The minimum atomic E-state index is -0.772. The number of alkyl halides is 1. The van der Waals surface area contributed by atoms with E-state index in [4.69, 9.17) is 25.8 Å². The quantitative estimate of drug-likeness (QED) is 0.0730. The first kappa shape index (κ1) is 48.6. The lowest BCUT2D eigenvalue weighted by Gasteiger charge is -2.32. The SMILES string of the molecule is C=C(C)[C@@H]1CCC(C)=C[C@H]1c1c(O)cc(CCC)cc1O.C=C(C)[C@@H]1CCC(C)=C[C@H]1c1c(O)cc(CCC)cc1OCOC(=O)OCC.CCOC(=O)OCCl. The van der Waals surface area contributed by atoms with Crippen LogP contribution in [0.3, 0.4) is 0 Å². The van der Waals surface area contributed by atoms with Gasteiger partial charge in [0.1, 0.15) is 23.0 Å². The van der Waals surface area contributed by atoms with Gasteiger partial charge in [0.05, 0.1) is 13.2 Å². The molecule has 0 bridgehead atoms. The predicted molar refractivity (Wildman–Crippen MR) is 226 cm³/mol. The van der Waals surface area contributed by atoms with Crippen LogP contribution in [0.25, 0.3) is 0 Å². The van der Waals surface area contributed by atoms with Crippen molar-refractivity contribution in [3.8, 4) is 23.0 Å². The van der Waals surface area contributed by atoms with Gasteiger partial charge in [-0.2, -0.15) is 0 Å². The van der Waals surface area contributed by atoms with E-state index in [1.54, 1.807) is 26.0 Å². The standard InChI is InChI=1S/C23H32O5.C19H26O2.C4H7ClO3/c1-6-8-17-12-20(24)22(19-11-16(5)9-10-18(19)15(3)4)21(13-17)27-14-28-23(25)26-7-2;1-5-6-14-10-17(20)19(18(21)11-14)16-9-13(4)7-8-15(16)12(2)3;1-2-7-4(6)8-3-5/h11-13,18-19,24H,3,6-10,14H2,1-2,4-5H3;9-11,15-16,20-21H,2,5-8H2,1,3-4H3;2-3H2,1H3/t18-,19+;15-,16+;/m00./s1. The fraction of sp³-hybridized carbons (Fsp3) is 0.522. The summed E-state index contributed by atoms with van der Waals surface area (Å²) in [5, 5.41) is 31.7. The fourth-order valence-electron chi connectivity index (χ4n) is 7.33. The van der Waals surface area contributed by atoms with Crippen molar-refractivity contribution in [2.24, 2.45) is 11.8 Å². The normalized spacial score (nSPS) is 18.5. The molecular formula is C46H65ClO10. The molecule has 10 nitrogen and oxygen atoms in total. The van der Waals surface area contributed by atoms with Gasteiger partial charge in [0.2, 0.25) is 6.79 Å². The maximum atomic E-state index is 11.4. The Balaban J connectivity index is 0.000000339. The Morgan fingerprint density at radius 1 is 0.684 bits per heavy atom. The van der Waals surface area contributed by atoms with Crippen LogP contribution in [0.2, 0.25) is 0 Å². The van der Waals surface area contributed by atoms with Crippen LogP contribution in [-0.4, -0.2) is 53.7 Å². The van der Waals surface area contributed by atoms with E-state index < -0.39 is 12.3 Å². The molecule has 0 aliphatic heterocycles. The van der Waals surface area contributed by atoms with Crippen molar-refractivity contribution in [1.82, 2.24) is 0 Å². The van der Waals surface area contributed by atoms with Gasteiger partial charge < -0.3 is 39.0 Å². The molecule has 2 aromatic carbocycles. The maximum absolute atomic E-state index is 11.4. The lowest BCUT2D eigenvalue weighted by Crippen LogP contribution is -2.19. The topological polar surface area (TPSA) is 141 Å². The van der Waals surface area contributed by atoms with E-state index in [0.29, 0.717) is 17.9 Å². The van der Waals surface area contributed by atoms with Gasteiger partial charge >= 0.3 is 12.3 Å². The van der Waals surface area contributed by atoms with Crippen molar-refractivity contribution in [1.29, 1.82) is 0 Å². The molecule has 0 saturated carbocycles. The number of phenols is 3. The summed E-state index contributed by atoms with van der Waals surface area (Å²) in [5.74, 6) is 1.66. The highest BCUT2D eigenvalue weighted by Gasteiger charge is 2.32. The molecule has 2 aliphatic rings. The zero-order valence-electron chi connectivity index (χ0n) is 35.3. The molecular weight excluding hydrogens is 748 g/mol. The Bertz CT molecular complexity index is 1680. The number of rotatable bonds is 14. The number of carbonyl (C=O) groups is 2. The molecule has 0 radical (unpaired) electrons. The first-order chi connectivity index (χ1) is 27.1. The van der Waals surface area contributed by atoms with E-state index in [1.165, 1.54) is 11.1 Å². The summed E-state index contributed by atoms with van der Waals surface area (Å²) in [7, 11) is 0. The molecule has 0 heterocycles. The molecule has 0 saturated heterocycles. The molecule has 0 spiro atoms. The third-order valence-electron chi connectivity index (χ3n) is 9.97. The molecule has 0 aromatic heterocycles. The second kappa shape index (κ2) is 24.9. The Morgan fingerprint density at radius 3 is 1.53 bits per heavy atom. The van der Waals surface area contributed by atoms with Crippen LogP contribution in [0.4, 0.5) is 9.59 Å². The van der Waals surface area contributed by atoms with E-state index in [9.17, 15) is 24.9 Å². The number of benzene rings is 2. The van der Waals surface area contributed by atoms with Gasteiger partial charge in [0.25, 0.3) is 0 Å². The highest BCUT2D eigenvalue weighted by Crippen LogP contribution is 2.48. The summed E-state index contributed by atoms with van der Waals surface area (Å²) in [4.78, 5) is 21.6. The molecule has 2 aromatic rings. The molecule has 0 fully saturated rings. The average Bonchev–Trinajstić information content (AvgIpc) is 3.12. The van der Waals surface area contributed by atoms with Gasteiger partial charge in [-0.05, 0) is 127 Å². The lowest BCUT2D eigenvalue weighted by molar-refractivity contribution is 0.00632. The molecule has 316 valence electrons. The number of hydrogen-bond donors (Lipinski definition) is 3. The molecule has 0 unspecified atom stereocenters. The molecule has 57 heavy (non-hydrogen) atoms. The Kier molecular flexibility index (Phi) is 21.2. The molecule has 0 amide bonds. The van der Waals surface area contributed by atoms with Crippen LogP contribution in [0, 0.1) is 11.8 Å². The summed E-state index contributed by atoms with van der Waals surface area (Å²) >= 11 is 5.01. The van der Waals surface area contributed by atoms with E-state index >= 15 is 0 Å². The number of ether oxygens (including phenoxy) is 5. The van der Waals surface area contributed by atoms with E-state index in [2.05, 4.69) is 62.5 Å². The van der Waals surface area contributed by atoms with Crippen molar-refractivity contribution in [3.05, 3.63) is 94.1 Å². The van der Waals surface area contributed by atoms with E-state index in [1.807, 2.05) is 26.0 Å². The number of aromatic hydroxyl groups is 3. The predicted octanol–water partition coefficient (Wildman–Crippen LogP) is 12.3. The van der Waals surface area contributed by atoms with Crippen LogP contribution >= 0.6 is 11.6 Å². The van der Waals surface area contributed by atoms with Gasteiger partial charge in [0, 0.05) is 23.0 Å². The molecule has 2 aliphatic carbocycles. The largest absolute Gasteiger partial charge is 0.511 e. The van der Waals surface area contributed by atoms with Crippen LogP contribution in [0.1, 0.15) is 128 Å². The summed E-state index contributed by atoms with van der Waals surface area (Å²) in [6, 6.07) is 7.18. The zero-order chi connectivity index (χ0) is 42.7. The Morgan fingerprint density at radius 2 is 1.11 bits per heavy atom. The molecule has 4 atom stereocenters. The third-order valence-corrected chi connectivity index (χ3v) is 10.1. The van der Waals surface area contributed by atoms with Crippen molar-refractivity contribution in [2.45, 2.75) is 119 Å². The van der Waals surface area contributed by atoms with Crippen molar-refractivity contribution in [2.75, 3.05) is 26.1 Å². The molecule has 3 N–H and O–H groups in total. The van der Waals surface area contributed by atoms with Crippen LogP contribution < -0.4 is 4.74 Å². The van der Waals surface area contributed by atoms with Crippen molar-refractivity contribution < 1.29 is 48.6 Å². The van der Waals surface area contributed by atoms with E-state index in [0.717, 1.165) is 79.2 Å². The smallest absolute Gasteiger partial charge is 0.507 e. The van der Waals surface area contributed by atoms with E-state index in [-0.39, 0.29) is 60.4 Å². The van der Waals surface area contributed by atoms with Gasteiger partial charge in [-0.15, -0.1) is 0 Å². The number of allylic oxidation sites excluding steroid dienone is 6. The number of halogens is 1. The first-order valence-corrected chi connectivity index (χ1v) is 20.5. The summed E-state index contributed by atoms with van der Waals surface area (Å²) in [5.41, 5.74) is 8.14. The maximum Gasteiger partial charge on any atom is 0.511 e. The Hall–Kier alpha value is -4.57. The highest BCUT2D eigenvalue weighted by atomic mass is 35.5. The Labute approximate surface area is 345 Å². The fourth-order valence-corrected chi connectivity index (χ4v) is 7.42. The second-order valence-corrected chi connectivity index (χ2v) is 14.9. The number of hydrogen-bond acceptors (Lipinski definition) is 10. The first-order valence-electron chi connectivity index (χ1n) is 20.0. The van der Waals surface area contributed by atoms with Crippen LogP contribution in [-0.2, 0) is 31.8 Å². The highest BCUT2D eigenvalue weighted by molar-refractivity contribution is 6.17. The minimum absolute atomic E-state index is 0.0203. The number of phenolic OH excluding ortho intramolecular Hbond substituents is 3. The van der Waals surface area contributed by atoms with Crippen molar-refractivity contribution >= 4 is 23.9 Å². The monoisotopic (exact) mass is 812 g/mol. The average molecular weight is 813 g/mol. The summed E-state index contributed by atoms with van der Waals surface area (Å²) < 4.78 is 24.0.